The number of ether oxygens (including phenoxy) is 1. The highest BCUT2D eigenvalue weighted by Gasteiger charge is 2.13. The number of imidazole rings is 1. The van der Waals surface area contributed by atoms with Crippen LogP contribution in [0.15, 0.2) is 35.8 Å². The fourth-order valence-electron chi connectivity index (χ4n) is 2.09. The fourth-order valence-corrected chi connectivity index (χ4v) is 3.02. The minimum Gasteiger partial charge on any atom is -0.480 e. The number of hydrogen-bond donors (Lipinski definition) is 1. The van der Waals surface area contributed by atoms with E-state index in [0.717, 1.165) is 21.2 Å². The molecule has 0 saturated carbocycles. The summed E-state index contributed by atoms with van der Waals surface area (Å²) in [5, 5.41) is 6.17. The first kappa shape index (κ1) is 13.4. The highest BCUT2D eigenvalue weighted by molar-refractivity contribution is 7.15. The molecule has 0 amide bonds. The van der Waals surface area contributed by atoms with E-state index in [2.05, 4.69) is 10.3 Å². The van der Waals surface area contributed by atoms with Crippen molar-refractivity contribution in [1.29, 1.82) is 0 Å². The van der Waals surface area contributed by atoms with Crippen molar-refractivity contribution in [2.45, 2.75) is 13.1 Å². The number of nitrogens with one attached hydrogen (secondary N) is 1. The van der Waals surface area contributed by atoms with Crippen LogP contribution in [0.4, 0.5) is 0 Å². The number of hydrogen-bond acceptors (Lipinski definition) is 4. The standard InChI is InChI=1S/C14H14ClN3OS/c1-19-13-12(18-6-7-20-14(18)17-13)9-16-8-10-4-2-3-5-11(10)15/h2-7,16H,8-9H2,1H3. The molecule has 0 saturated heterocycles. The van der Waals surface area contributed by atoms with Crippen molar-refractivity contribution >= 4 is 27.9 Å². The van der Waals surface area contributed by atoms with Crippen LogP contribution in [0.25, 0.3) is 4.96 Å². The number of aromatic nitrogens is 2. The Kier molecular flexibility index (Phi) is 3.91. The molecule has 0 radical (unpaired) electrons. The van der Waals surface area contributed by atoms with Crippen LogP contribution >= 0.6 is 22.9 Å². The second-order valence-corrected chi connectivity index (χ2v) is 5.60. The fraction of sp³-hybridized carbons (Fsp3) is 0.214. The molecule has 4 nitrogen and oxygen atoms in total. The molecular weight excluding hydrogens is 294 g/mol. The summed E-state index contributed by atoms with van der Waals surface area (Å²) in [6.07, 6.45) is 2.00. The zero-order valence-electron chi connectivity index (χ0n) is 11.0. The van der Waals surface area contributed by atoms with Crippen molar-refractivity contribution in [3.63, 3.8) is 0 Å². The molecule has 0 bridgehead atoms. The van der Waals surface area contributed by atoms with E-state index >= 15 is 0 Å². The van der Waals surface area contributed by atoms with Crippen molar-refractivity contribution in [1.82, 2.24) is 14.7 Å². The Bertz CT molecular complexity index is 722. The van der Waals surface area contributed by atoms with Gasteiger partial charge in [0.05, 0.1) is 7.11 Å². The number of halogens is 1. The molecule has 1 N–H and O–H groups in total. The lowest BCUT2D eigenvalue weighted by Crippen LogP contribution is -2.14. The van der Waals surface area contributed by atoms with Gasteiger partial charge >= 0.3 is 0 Å². The topological polar surface area (TPSA) is 38.6 Å². The van der Waals surface area contributed by atoms with Gasteiger partial charge in [0.2, 0.25) is 5.88 Å². The minimum atomic E-state index is 0.670. The smallest absolute Gasteiger partial charge is 0.237 e. The third kappa shape index (κ3) is 2.52. The van der Waals surface area contributed by atoms with E-state index in [-0.39, 0.29) is 0 Å². The lowest BCUT2D eigenvalue weighted by molar-refractivity contribution is 0.393. The number of nitrogens with zero attached hydrogens (tertiary/aromatic N) is 2. The van der Waals surface area contributed by atoms with E-state index < -0.39 is 0 Å². The first-order valence-corrected chi connectivity index (χ1v) is 7.48. The summed E-state index contributed by atoms with van der Waals surface area (Å²) in [5.74, 6) is 0.670. The van der Waals surface area contributed by atoms with Crippen molar-refractivity contribution in [3.05, 3.63) is 52.1 Å². The summed E-state index contributed by atoms with van der Waals surface area (Å²) in [6, 6.07) is 7.83. The zero-order valence-corrected chi connectivity index (χ0v) is 12.5. The van der Waals surface area contributed by atoms with Crippen LogP contribution in [-0.2, 0) is 13.1 Å². The Morgan fingerprint density at radius 3 is 3.00 bits per heavy atom. The lowest BCUT2D eigenvalue weighted by Gasteiger charge is -2.07. The summed E-state index contributed by atoms with van der Waals surface area (Å²) < 4.78 is 7.37. The van der Waals surface area contributed by atoms with Gasteiger partial charge in [-0.25, -0.2) is 0 Å². The summed E-state index contributed by atoms with van der Waals surface area (Å²) in [6.45, 7) is 1.38. The Morgan fingerprint density at radius 2 is 2.20 bits per heavy atom. The molecule has 0 aliphatic carbocycles. The van der Waals surface area contributed by atoms with E-state index in [1.807, 2.05) is 40.2 Å². The summed E-state index contributed by atoms with van der Waals surface area (Å²) in [5.41, 5.74) is 2.11. The van der Waals surface area contributed by atoms with Gasteiger partial charge in [0.1, 0.15) is 5.69 Å². The molecular formula is C14H14ClN3OS. The van der Waals surface area contributed by atoms with Gasteiger partial charge in [-0.2, -0.15) is 4.98 Å². The summed E-state index contributed by atoms with van der Waals surface area (Å²) in [7, 11) is 1.64. The highest BCUT2D eigenvalue weighted by Crippen LogP contribution is 2.23. The largest absolute Gasteiger partial charge is 0.480 e. The maximum Gasteiger partial charge on any atom is 0.237 e. The quantitative estimate of drug-likeness (QED) is 0.785. The second-order valence-electron chi connectivity index (χ2n) is 4.32. The van der Waals surface area contributed by atoms with E-state index in [9.17, 15) is 0 Å². The second kappa shape index (κ2) is 5.83. The van der Waals surface area contributed by atoms with Crippen molar-refractivity contribution in [2.75, 3.05) is 7.11 Å². The first-order valence-electron chi connectivity index (χ1n) is 6.22. The van der Waals surface area contributed by atoms with Crippen LogP contribution in [-0.4, -0.2) is 16.5 Å². The van der Waals surface area contributed by atoms with Gasteiger partial charge in [0, 0.05) is 29.7 Å². The van der Waals surface area contributed by atoms with E-state index in [4.69, 9.17) is 16.3 Å². The summed E-state index contributed by atoms with van der Waals surface area (Å²) in [4.78, 5) is 5.37. The van der Waals surface area contributed by atoms with E-state index in [0.29, 0.717) is 19.0 Å². The van der Waals surface area contributed by atoms with Crippen LogP contribution in [0.3, 0.4) is 0 Å². The summed E-state index contributed by atoms with van der Waals surface area (Å²) >= 11 is 7.73. The molecule has 0 fully saturated rings. The van der Waals surface area contributed by atoms with Crippen LogP contribution in [0.5, 0.6) is 5.88 Å². The van der Waals surface area contributed by atoms with Crippen molar-refractivity contribution in [3.8, 4) is 5.88 Å². The van der Waals surface area contributed by atoms with Gasteiger partial charge in [0.25, 0.3) is 0 Å². The van der Waals surface area contributed by atoms with Gasteiger partial charge in [-0.3, -0.25) is 4.40 Å². The SMILES string of the molecule is COc1nc2sccn2c1CNCc1ccccc1Cl. The third-order valence-corrected chi connectivity index (χ3v) is 4.21. The Hall–Kier alpha value is -1.56. The number of methoxy groups -OCH3 is 1. The minimum absolute atomic E-state index is 0.670. The predicted molar refractivity (Wildman–Crippen MR) is 81.6 cm³/mol. The van der Waals surface area contributed by atoms with Gasteiger partial charge < -0.3 is 10.1 Å². The zero-order chi connectivity index (χ0) is 13.9. The first-order chi connectivity index (χ1) is 9.79. The molecule has 2 aromatic heterocycles. The van der Waals surface area contributed by atoms with Crippen LogP contribution in [0, 0.1) is 0 Å². The molecule has 0 atom stereocenters. The van der Waals surface area contributed by atoms with Crippen molar-refractivity contribution in [2.24, 2.45) is 0 Å². The van der Waals surface area contributed by atoms with Crippen LogP contribution in [0.1, 0.15) is 11.3 Å². The molecule has 3 aromatic rings. The number of fused-ring (bicyclic) bond motifs is 1. The Balaban J connectivity index is 1.74. The van der Waals surface area contributed by atoms with Gasteiger partial charge in [0.15, 0.2) is 4.96 Å². The molecule has 2 heterocycles. The number of rotatable bonds is 5. The molecule has 0 unspecified atom stereocenters. The Morgan fingerprint density at radius 1 is 1.35 bits per heavy atom. The van der Waals surface area contributed by atoms with Gasteiger partial charge in [-0.1, -0.05) is 29.8 Å². The molecule has 0 spiro atoms. The molecule has 1 aromatic carbocycles. The van der Waals surface area contributed by atoms with Gasteiger partial charge in [-0.05, 0) is 11.6 Å². The average molecular weight is 308 g/mol. The van der Waals surface area contributed by atoms with Crippen LogP contribution in [0.2, 0.25) is 5.02 Å². The number of benzene rings is 1. The molecule has 20 heavy (non-hydrogen) atoms. The van der Waals surface area contributed by atoms with Crippen LogP contribution < -0.4 is 10.1 Å². The molecule has 0 aliphatic rings. The normalized spacial score (nSPS) is 11.1. The maximum absolute atomic E-state index is 6.14. The van der Waals surface area contributed by atoms with Gasteiger partial charge in [-0.15, -0.1) is 11.3 Å². The lowest BCUT2D eigenvalue weighted by atomic mass is 10.2. The van der Waals surface area contributed by atoms with E-state index in [1.54, 1.807) is 18.4 Å². The van der Waals surface area contributed by atoms with Crippen molar-refractivity contribution < 1.29 is 4.74 Å². The third-order valence-electron chi connectivity index (χ3n) is 3.08. The molecule has 3 rings (SSSR count). The van der Waals surface area contributed by atoms with E-state index in [1.165, 1.54) is 0 Å². The molecule has 6 heteroatoms. The predicted octanol–water partition coefficient (Wildman–Crippen LogP) is 3.35. The average Bonchev–Trinajstić information content (AvgIpc) is 3.02. The maximum atomic E-state index is 6.14. The molecule has 104 valence electrons. The Labute approximate surface area is 126 Å². The number of thiazole rings is 1. The monoisotopic (exact) mass is 307 g/mol. The molecule has 0 aliphatic heterocycles. The highest BCUT2D eigenvalue weighted by atomic mass is 35.5.